The van der Waals surface area contributed by atoms with Gasteiger partial charge in [0.25, 0.3) is 0 Å². The third-order valence-electron chi connectivity index (χ3n) is 3.83. The van der Waals surface area contributed by atoms with Gasteiger partial charge in [0.1, 0.15) is 11.5 Å². The van der Waals surface area contributed by atoms with Crippen molar-refractivity contribution < 1.29 is 14.3 Å². The Morgan fingerprint density at radius 1 is 1.29 bits per heavy atom. The molecule has 1 saturated heterocycles. The van der Waals surface area contributed by atoms with Crippen LogP contribution in [0.4, 0.5) is 4.79 Å². The molecule has 5 nitrogen and oxygen atoms in total. The van der Waals surface area contributed by atoms with Gasteiger partial charge in [0.05, 0.1) is 6.04 Å². The van der Waals surface area contributed by atoms with Crippen LogP contribution in [0.1, 0.15) is 46.5 Å². The van der Waals surface area contributed by atoms with Crippen LogP contribution in [0.3, 0.4) is 0 Å². The minimum absolute atomic E-state index is 0.00958. The van der Waals surface area contributed by atoms with E-state index in [0.717, 1.165) is 25.7 Å². The Morgan fingerprint density at radius 2 is 1.95 bits per heavy atom. The first-order valence-corrected chi connectivity index (χ1v) is 8.20. The van der Waals surface area contributed by atoms with Gasteiger partial charge < -0.3 is 14.5 Å². The average molecular weight is 317 g/mol. The molecule has 1 atom stereocenters. The van der Waals surface area contributed by atoms with E-state index in [1.165, 1.54) is 0 Å². The fourth-order valence-electron chi connectivity index (χ4n) is 2.73. The summed E-state index contributed by atoms with van der Waals surface area (Å²) in [6.07, 6.45) is 3.68. The molecule has 21 heavy (non-hydrogen) atoms. The molecule has 2 amide bonds. The Hall–Kier alpha value is -0.970. The molecule has 0 aromatic carbocycles. The number of rotatable bonds is 4. The third-order valence-corrected chi connectivity index (χ3v) is 4.06. The van der Waals surface area contributed by atoms with Gasteiger partial charge in [-0.1, -0.05) is 0 Å². The molecule has 1 aliphatic heterocycles. The molecule has 2 aliphatic rings. The van der Waals surface area contributed by atoms with Crippen LogP contribution in [0.15, 0.2) is 0 Å². The molecule has 0 spiro atoms. The number of ether oxygens (including phenoxy) is 1. The Labute approximate surface area is 131 Å². The Morgan fingerprint density at radius 3 is 2.48 bits per heavy atom. The smallest absolute Gasteiger partial charge is 0.410 e. The minimum atomic E-state index is -0.494. The maximum absolute atomic E-state index is 12.3. The summed E-state index contributed by atoms with van der Waals surface area (Å²) >= 11 is 5.69. The van der Waals surface area contributed by atoms with E-state index in [1.54, 1.807) is 4.90 Å². The quantitative estimate of drug-likeness (QED) is 0.749. The van der Waals surface area contributed by atoms with Crippen molar-refractivity contribution in [3.63, 3.8) is 0 Å². The van der Waals surface area contributed by atoms with Gasteiger partial charge in [-0.2, -0.15) is 0 Å². The summed E-state index contributed by atoms with van der Waals surface area (Å²) in [5, 5.41) is 0. The van der Waals surface area contributed by atoms with E-state index in [2.05, 4.69) is 0 Å². The van der Waals surface area contributed by atoms with Crippen molar-refractivity contribution in [1.29, 1.82) is 0 Å². The van der Waals surface area contributed by atoms with Crippen molar-refractivity contribution in [3.05, 3.63) is 0 Å². The molecule has 0 aromatic heterocycles. The largest absolute Gasteiger partial charge is 0.444 e. The fourth-order valence-corrected chi connectivity index (χ4v) is 2.88. The second-order valence-corrected chi connectivity index (χ2v) is 7.15. The van der Waals surface area contributed by atoms with E-state index in [-0.39, 0.29) is 23.9 Å². The first-order chi connectivity index (χ1) is 9.81. The lowest BCUT2D eigenvalue weighted by molar-refractivity contribution is -0.129. The van der Waals surface area contributed by atoms with Crippen LogP contribution in [0.2, 0.25) is 0 Å². The summed E-state index contributed by atoms with van der Waals surface area (Å²) in [5.41, 5.74) is -0.494. The average Bonchev–Trinajstić information content (AvgIpc) is 3.11. The molecule has 120 valence electrons. The highest BCUT2D eigenvalue weighted by molar-refractivity contribution is 6.27. The Balaban J connectivity index is 1.97. The SMILES string of the molecule is CC(C)(C)OC(=O)N1CCC[C@@H]1CN(C(=O)CCl)C1CC1. The van der Waals surface area contributed by atoms with Gasteiger partial charge in [-0.25, -0.2) is 4.79 Å². The van der Waals surface area contributed by atoms with E-state index < -0.39 is 5.60 Å². The lowest BCUT2D eigenvalue weighted by Gasteiger charge is -2.32. The zero-order valence-corrected chi connectivity index (χ0v) is 13.9. The monoisotopic (exact) mass is 316 g/mol. The molecule has 2 fully saturated rings. The highest BCUT2D eigenvalue weighted by Crippen LogP contribution is 2.30. The summed E-state index contributed by atoms with van der Waals surface area (Å²) in [6, 6.07) is 0.366. The predicted octanol–water partition coefficient (Wildman–Crippen LogP) is 2.62. The molecular formula is C15H25ClN2O3. The van der Waals surface area contributed by atoms with E-state index in [4.69, 9.17) is 16.3 Å². The molecule has 0 bridgehead atoms. The second kappa shape index (κ2) is 6.42. The molecule has 0 aromatic rings. The summed E-state index contributed by atoms with van der Waals surface area (Å²) in [4.78, 5) is 27.8. The molecule has 0 unspecified atom stereocenters. The summed E-state index contributed by atoms with van der Waals surface area (Å²) < 4.78 is 5.45. The lowest BCUT2D eigenvalue weighted by Crippen LogP contribution is -2.47. The lowest BCUT2D eigenvalue weighted by atomic mass is 10.2. The van der Waals surface area contributed by atoms with E-state index >= 15 is 0 Å². The van der Waals surface area contributed by atoms with Crippen LogP contribution < -0.4 is 0 Å². The van der Waals surface area contributed by atoms with Crippen LogP contribution in [-0.4, -0.2) is 58.5 Å². The second-order valence-electron chi connectivity index (χ2n) is 6.88. The molecule has 0 radical (unpaired) electrons. The molecule has 1 heterocycles. The van der Waals surface area contributed by atoms with Crippen LogP contribution >= 0.6 is 11.6 Å². The van der Waals surface area contributed by atoms with Crippen LogP contribution in [0.5, 0.6) is 0 Å². The standard InChI is InChI=1S/C15H25ClN2O3/c1-15(2,3)21-14(20)17-8-4-5-12(17)10-18(11-6-7-11)13(19)9-16/h11-12H,4-10H2,1-3H3/t12-/m1/s1. The molecule has 6 heteroatoms. The number of amides is 2. The Kier molecular flexibility index (Phi) is 5.02. The van der Waals surface area contributed by atoms with Gasteiger partial charge in [-0.05, 0) is 46.5 Å². The number of likely N-dealkylation sites (tertiary alicyclic amines) is 1. The van der Waals surface area contributed by atoms with E-state index in [0.29, 0.717) is 19.1 Å². The van der Waals surface area contributed by atoms with Gasteiger partial charge in [0.2, 0.25) is 5.91 Å². The summed E-state index contributed by atoms with van der Waals surface area (Å²) in [7, 11) is 0. The van der Waals surface area contributed by atoms with Crippen LogP contribution in [0.25, 0.3) is 0 Å². The van der Waals surface area contributed by atoms with Crippen molar-refractivity contribution in [2.24, 2.45) is 0 Å². The molecule has 2 rings (SSSR count). The van der Waals surface area contributed by atoms with Crippen molar-refractivity contribution >= 4 is 23.6 Å². The Bertz CT molecular complexity index is 404. The maximum Gasteiger partial charge on any atom is 0.410 e. The molecule has 0 N–H and O–H groups in total. The third kappa shape index (κ3) is 4.50. The highest BCUT2D eigenvalue weighted by Gasteiger charge is 2.38. The van der Waals surface area contributed by atoms with Crippen molar-refractivity contribution in [1.82, 2.24) is 9.80 Å². The van der Waals surface area contributed by atoms with Gasteiger partial charge in [-0.15, -0.1) is 11.6 Å². The zero-order valence-electron chi connectivity index (χ0n) is 13.1. The number of nitrogens with zero attached hydrogens (tertiary/aromatic N) is 2. The highest BCUT2D eigenvalue weighted by atomic mass is 35.5. The number of halogens is 1. The van der Waals surface area contributed by atoms with Crippen molar-refractivity contribution in [2.45, 2.75) is 64.1 Å². The number of carbonyl (C=O) groups excluding carboxylic acids is 2. The summed E-state index contributed by atoms with van der Waals surface area (Å²) in [6.45, 7) is 6.87. The molecule has 1 aliphatic carbocycles. The normalized spacial score (nSPS) is 22.3. The zero-order chi connectivity index (χ0) is 15.6. The predicted molar refractivity (Wildman–Crippen MR) is 81.4 cm³/mol. The number of carbonyl (C=O) groups is 2. The first kappa shape index (κ1) is 16.4. The van der Waals surface area contributed by atoms with Crippen molar-refractivity contribution in [3.8, 4) is 0 Å². The van der Waals surface area contributed by atoms with E-state index in [9.17, 15) is 9.59 Å². The number of alkyl halides is 1. The molecule has 1 saturated carbocycles. The van der Waals surface area contributed by atoms with E-state index in [1.807, 2.05) is 25.7 Å². The summed E-state index contributed by atoms with van der Waals surface area (Å²) in [5.74, 6) is -0.0226. The van der Waals surface area contributed by atoms with Gasteiger partial charge in [-0.3, -0.25) is 4.79 Å². The van der Waals surface area contributed by atoms with Crippen LogP contribution in [-0.2, 0) is 9.53 Å². The number of hydrogen-bond acceptors (Lipinski definition) is 3. The molecular weight excluding hydrogens is 292 g/mol. The van der Waals surface area contributed by atoms with Crippen molar-refractivity contribution in [2.75, 3.05) is 19.0 Å². The van der Waals surface area contributed by atoms with Crippen LogP contribution in [0, 0.1) is 0 Å². The maximum atomic E-state index is 12.3. The van der Waals surface area contributed by atoms with Gasteiger partial charge >= 0.3 is 6.09 Å². The van der Waals surface area contributed by atoms with Gasteiger partial charge in [0, 0.05) is 19.1 Å². The first-order valence-electron chi connectivity index (χ1n) is 7.67. The minimum Gasteiger partial charge on any atom is -0.444 e. The topological polar surface area (TPSA) is 49.9 Å². The number of hydrogen-bond donors (Lipinski definition) is 0. The van der Waals surface area contributed by atoms with Gasteiger partial charge in [0.15, 0.2) is 0 Å². The fraction of sp³-hybridized carbons (Fsp3) is 0.867.